The molecule has 0 unspecified atom stereocenters. The maximum atomic E-state index is 6.22. The van der Waals surface area contributed by atoms with Gasteiger partial charge in [0.2, 0.25) is 0 Å². The molecule has 0 aliphatic heterocycles. The fourth-order valence-electron chi connectivity index (χ4n) is 1.83. The molecule has 0 fully saturated rings. The molecular formula is C15H21ClN4S. The fraction of sp³-hybridized carbons (Fsp3) is 0.533. The summed E-state index contributed by atoms with van der Waals surface area (Å²) in [6.45, 7) is 11.0. The molecule has 0 aliphatic rings. The first-order valence-corrected chi connectivity index (χ1v) is 8.22. The van der Waals surface area contributed by atoms with E-state index < -0.39 is 0 Å². The maximum absolute atomic E-state index is 6.22. The van der Waals surface area contributed by atoms with Crippen molar-refractivity contribution in [3.05, 3.63) is 32.6 Å². The summed E-state index contributed by atoms with van der Waals surface area (Å²) >= 11 is 7.90. The van der Waals surface area contributed by atoms with Crippen LogP contribution in [-0.4, -0.2) is 21.5 Å². The maximum Gasteiger partial charge on any atom is 0.137 e. The lowest BCUT2D eigenvalue weighted by molar-refractivity contribution is 0.545. The average molecular weight is 325 g/mol. The van der Waals surface area contributed by atoms with E-state index in [9.17, 15) is 0 Å². The zero-order valence-corrected chi connectivity index (χ0v) is 14.7. The number of hydrogen-bond acceptors (Lipinski definition) is 5. The van der Waals surface area contributed by atoms with Gasteiger partial charge in [-0.2, -0.15) is 0 Å². The van der Waals surface area contributed by atoms with Crippen LogP contribution in [0.1, 0.15) is 42.9 Å². The molecule has 21 heavy (non-hydrogen) atoms. The molecule has 0 aliphatic carbocycles. The van der Waals surface area contributed by atoms with Gasteiger partial charge in [-0.05, 0) is 13.8 Å². The highest BCUT2D eigenvalue weighted by Crippen LogP contribution is 2.26. The van der Waals surface area contributed by atoms with Gasteiger partial charge >= 0.3 is 0 Å². The molecule has 2 aromatic heterocycles. The van der Waals surface area contributed by atoms with Gasteiger partial charge in [0.15, 0.2) is 0 Å². The van der Waals surface area contributed by atoms with E-state index in [0.29, 0.717) is 5.15 Å². The van der Waals surface area contributed by atoms with Gasteiger partial charge in [-0.1, -0.05) is 32.4 Å². The van der Waals surface area contributed by atoms with Crippen LogP contribution in [0.25, 0.3) is 0 Å². The van der Waals surface area contributed by atoms with Gasteiger partial charge in [0.1, 0.15) is 16.8 Å². The monoisotopic (exact) mass is 324 g/mol. The van der Waals surface area contributed by atoms with Crippen LogP contribution in [-0.2, 0) is 11.8 Å². The number of thiazole rings is 1. The topological polar surface area (TPSA) is 50.7 Å². The van der Waals surface area contributed by atoms with Gasteiger partial charge in [0.25, 0.3) is 0 Å². The molecule has 2 aromatic rings. The third-order valence-corrected chi connectivity index (χ3v) is 4.29. The van der Waals surface area contributed by atoms with Crippen molar-refractivity contribution in [3.63, 3.8) is 0 Å². The van der Waals surface area contributed by atoms with Crippen LogP contribution in [0.2, 0.25) is 5.15 Å². The van der Waals surface area contributed by atoms with Crippen molar-refractivity contribution in [2.45, 2.75) is 46.5 Å². The van der Waals surface area contributed by atoms with E-state index in [1.165, 1.54) is 0 Å². The van der Waals surface area contributed by atoms with Gasteiger partial charge in [-0.25, -0.2) is 15.0 Å². The van der Waals surface area contributed by atoms with E-state index in [1.54, 1.807) is 11.3 Å². The molecule has 0 atom stereocenters. The van der Waals surface area contributed by atoms with Crippen LogP contribution in [0.5, 0.6) is 0 Å². The first-order chi connectivity index (χ1) is 9.77. The van der Waals surface area contributed by atoms with Crippen molar-refractivity contribution in [1.82, 2.24) is 15.0 Å². The number of halogens is 1. The fourth-order valence-corrected chi connectivity index (χ4v) is 2.65. The molecule has 0 bridgehead atoms. The normalized spacial score (nSPS) is 11.7. The lowest BCUT2D eigenvalue weighted by Gasteiger charge is -2.19. The molecular weight excluding hydrogens is 304 g/mol. The summed E-state index contributed by atoms with van der Waals surface area (Å²) in [6.07, 6.45) is 0.871. The summed E-state index contributed by atoms with van der Waals surface area (Å²) in [4.78, 5) is 13.5. The Labute approximate surface area is 135 Å². The zero-order valence-electron chi connectivity index (χ0n) is 13.1. The van der Waals surface area contributed by atoms with Gasteiger partial charge in [-0.3, -0.25) is 0 Å². The standard InChI is InChI=1S/C15H21ClN4S/c1-9-12(16)19-14(15(3,4)5)20-13(9)17-7-6-11-8-21-10(2)18-11/h8H,6-7H2,1-5H3,(H,17,19,20). The van der Waals surface area contributed by atoms with Crippen molar-refractivity contribution in [2.75, 3.05) is 11.9 Å². The molecule has 0 spiro atoms. The predicted molar refractivity (Wildman–Crippen MR) is 89.5 cm³/mol. The minimum atomic E-state index is -0.125. The van der Waals surface area contributed by atoms with Crippen LogP contribution >= 0.6 is 22.9 Å². The van der Waals surface area contributed by atoms with Crippen molar-refractivity contribution in [1.29, 1.82) is 0 Å². The summed E-state index contributed by atoms with van der Waals surface area (Å²) < 4.78 is 0. The van der Waals surface area contributed by atoms with Crippen molar-refractivity contribution in [2.24, 2.45) is 0 Å². The second-order valence-corrected chi connectivity index (χ2v) is 7.52. The SMILES string of the molecule is Cc1nc(CCNc2nc(C(C)(C)C)nc(Cl)c2C)cs1. The van der Waals surface area contributed by atoms with E-state index in [4.69, 9.17) is 11.6 Å². The van der Waals surface area contributed by atoms with Crippen molar-refractivity contribution >= 4 is 28.8 Å². The molecule has 4 nitrogen and oxygen atoms in total. The summed E-state index contributed by atoms with van der Waals surface area (Å²) in [6, 6.07) is 0. The number of rotatable bonds is 4. The van der Waals surface area contributed by atoms with Crippen molar-refractivity contribution in [3.8, 4) is 0 Å². The zero-order chi connectivity index (χ0) is 15.6. The number of nitrogens with one attached hydrogen (secondary N) is 1. The molecule has 0 saturated carbocycles. The predicted octanol–water partition coefficient (Wildman–Crippen LogP) is 4.16. The molecule has 6 heteroatoms. The molecule has 0 aromatic carbocycles. The van der Waals surface area contributed by atoms with Crippen LogP contribution in [0.15, 0.2) is 5.38 Å². The third kappa shape index (κ3) is 4.14. The van der Waals surface area contributed by atoms with Crippen LogP contribution in [0.4, 0.5) is 5.82 Å². The highest BCUT2D eigenvalue weighted by molar-refractivity contribution is 7.09. The Morgan fingerprint density at radius 3 is 2.48 bits per heavy atom. The number of aryl methyl sites for hydroxylation is 1. The molecule has 1 N–H and O–H groups in total. The largest absolute Gasteiger partial charge is 0.369 e. The first-order valence-electron chi connectivity index (χ1n) is 6.97. The Balaban J connectivity index is 2.10. The molecule has 0 radical (unpaired) electrons. The Hall–Kier alpha value is -1.20. The molecule has 2 heterocycles. The number of hydrogen-bond donors (Lipinski definition) is 1. The van der Waals surface area contributed by atoms with E-state index in [0.717, 1.165) is 40.9 Å². The second-order valence-electron chi connectivity index (χ2n) is 6.10. The minimum Gasteiger partial charge on any atom is -0.369 e. The second kappa shape index (κ2) is 6.28. The molecule has 0 amide bonds. The summed E-state index contributed by atoms with van der Waals surface area (Å²) in [5.74, 6) is 1.57. The van der Waals surface area contributed by atoms with Gasteiger partial charge < -0.3 is 5.32 Å². The Morgan fingerprint density at radius 2 is 1.90 bits per heavy atom. The van der Waals surface area contributed by atoms with Crippen LogP contribution in [0, 0.1) is 13.8 Å². The lowest BCUT2D eigenvalue weighted by Crippen LogP contribution is -2.19. The Bertz CT molecular complexity index is 631. The highest BCUT2D eigenvalue weighted by atomic mass is 35.5. The van der Waals surface area contributed by atoms with Gasteiger partial charge in [-0.15, -0.1) is 11.3 Å². The number of nitrogens with zero attached hydrogens (tertiary/aromatic N) is 3. The van der Waals surface area contributed by atoms with Gasteiger partial charge in [0.05, 0.1) is 10.7 Å². The summed E-state index contributed by atoms with van der Waals surface area (Å²) in [5, 5.41) is 7.06. The number of anilines is 1. The van der Waals surface area contributed by atoms with Crippen LogP contribution in [0.3, 0.4) is 0 Å². The molecule has 0 saturated heterocycles. The highest BCUT2D eigenvalue weighted by Gasteiger charge is 2.20. The minimum absolute atomic E-state index is 0.125. The average Bonchev–Trinajstić information content (AvgIpc) is 2.79. The van der Waals surface area contributed by atoms with Gasteiger partial charge in [0, 0.05) is 29.3 Å². The molecule has 114 valence electrons. The van der Waals surface area contributed by atoms with E-state index in [-0.39, 0.29) is 5.41 Å². The Kier molecular flexibility index (Phi) is 4.84. The van der Waals surface area contributed by atoms with Crippen molar-refractivity contribution < 1.29 is 0 Å². The van der Waals surface area contributed by atoms with E-state index in [2.05, 4.69) is 46.4 Å². The van der Waals surface area contributed by atoms with Crippen LogP contribution < -0.4 is 5.32 Å². The van der Waals surface area contributed by atoms with E-state index in [1.807, 2.05) is 13.8 Å². The molecule has 2 rings (SSSR count). The third-order valence-electron chi connectivity index (χ3n) is 3.10. The number of aromatic nitrogens is 3. The summed E-state index contributed by atoms with van der Waals surface area (Å²) in [7, 11) is 0. The quantitative estimate of drug-likeness (QED) is 0.858. The summed E-state index contributed by atoms with van der Waals surface area (Å²) in [5.41, 5.74) is 1.87. The van der Waals surface area contributed by atoms with E-state index >= 15 is 0 Å². The smallest absolute Gasteiger partial charge is 0.137 e. The first kappa shape index (κ1) is 16.2. The lowest BCUT2D eigenvalue weighted by atomic mass is 9.95. The Morgan fingerprint density at radius 1 is 1.19 bits per heavy atom.